The van der Waals surface area contributed by atoms with Crippen molar-refractivity contribution in [2.24, 2.45) is 11.8 Å². The van der Waals surface area contributed by atoms with Crippen LogP contribution in [0, 0.1) is 22.0 Å². The molecule has 0 radical (unpaired) electrons. The summed E-state index contributed by atoms with van der Waals surface area (Å²) in [5.74, 6) is -0.257. The normalized spacial score (nSPS) is 21.4. The molecular formula is C15H15NO4. The van der Waals surface area contributed by atoms with Crippen LogP contribution in [-0.2, 0) is 4.79 Å². The van der Waals surface area contributed by atoms with Crippen LogP contribution < -0.4 is 0 Å². The molecule has 2 atom stereocenters. The van der Waals surface area contributed by atoms with Crippen LogP contribution in [0.25, 0.3) is 0 Å². The van der Waals surface area contributed by atoms with E-state index in [0.717, 1.165) is 18.3 Å². The summed E-state index contributed by atoms with van der Waals surface area (Å²) in [4.78, 5) is 33.2. The number of Topliss-reactive ketones (excluding diaryl/α,β-unsaturated/α-hetero) is 1. The number of aldehydes is 1. The zero-order valence-electron chi connectivity index (χ0n) is 11.1. The molecule has 0 amide bonds. The van der Waals surface area contributed by atoms with Gasteiger partial charge in [-0.1, -0.05) is 11.6 Å². The summed E-state index contributed by atoms with van der Waals surface area (Å²) in [5, 5.41) is 10.6. The molecule has 104 valence electrons. The van der Waals surface area contributed by atoms with E-state index in [-0.39, 0.29) is 29.7 Å². The fraction of sp³-hybridized carbons (Fsp3) is 0.333. The van der Waals surface area contributed by atoms with Crippen molar-refractivity contribution in [1.29, 1.82) is 0 Å². The van der Waals surface area contributed by atoms with Crippen LogP contribution in [0.1, 0.15) is 30.1 Å². The van der Waals surface area contributed by atoms with Gasteiger partial charge in [0.15, 0.2) is 5.78 Å². The average Bonchev–Trinajstić information content (AvgIpc) is 2.79. The van der Waals surface area contributed by atoms with Crippen molar-refractivity contribution in [2.45, 2.75) is 19.8 Å². The Kier molecular flexibility index (Phi) is 4.08. The maximum absolute atomic E-state index is 12.1. The first-order chi connectivity index (χ1) is 9.52. The molecule has 0 N–H and O–H groups in total. The van der Waals surface area contributed by atoms with E-state index in [1.807, 2.05) is 13.0 Å². The largest absolute Gasteiger partial charge is 0.303 e. The highest BCUT2D eigenvalue weighted by Gasteiger charge is 2.29. The minimum Gasteiger partial charge on any atom is -0.303 e. The second-order valence-electron chi connectivity index (χ2n) is 5.04. The van der Waals surface area contributed by atoms with Crippen molar-refractivity contribution in [1.82, 2.24) is 0 Å². The number of nitrogens with zero attached hydrogens (tertiary/aromatic N) is 1. The summed E-state index contributed by atoms with van der Waals surface area (Å²) in [6, 6.07) is 5.57. The lowest BCUT2D eigenvalue weighted by atomic mass is 9.87. The zero-order chi connectivity index (χ0) is 14.7. The van der Waals surface area contributed by atoms with E-state index < -0.39 is 4.92 Å². The highest BCUT2D eigenvalue weighted by molar-refractivity contribution is 5.96. The number of hydrogen-bond acceptors (Lipinski definition) is 4. The summed E-state index contributed by atoms with van der Waals surface area (Å²) in [5.41, 5.74) is 1.43. The molecule has 1 unspecified atom stereocenters. The van der Waals surface area contributed by atoms with Gasteiger partial charge in [-0.25, -0.2) is 0 Å². The first-order valence-electron chi connectivity index (χ1n) is 6.42. The van der Waals surface area contributed by atoms with Crippen LogP contribution in [0.2, 0.25) is 0 Å². The zero-order valence-corrected chi connectivity index (χ0v) is 11.1. The second kappa shape index (κ2) is 5.77. The van der Waals surface area contributed by atoms with Gasteiger partial charge in [0, 0.05) is 30.0 Å². The molecule has 0 aromatic heterocycles. The Balaban J connectivity index is 2.05. The number of nitro groups is 1. The fourth-order valence-corrected chi connectivity index (χ4v) is 2.55. The predicted molar refractivity (Wildman–Crippen MR) is 73.5 cm³/mol. The highest BCUT2D eigenvalue weighted by atomic mass is 16.6. The number of carbonyl (C=O) groups excluding carboxylic acids is 2. The summed E-state index contributed by atoms with van der Waals surface area (Å²) >= 11 is 0. The van der Waals surface area contributed by atoms with E-state index in [9.17, 15) is 19.7 Å². The standard InChI is InChI=1S/C15H15NO4/c1-10-2-3-12(14(10)9-17)8-15(18)11-4-6-13(7-5-11)16(19)20/h2,4-7,9,12,14H,3,8H2,1H3/t12-,14?/m0/s1. The summed E-state index contributed by atoms with van der Waals surface area (Å²) in [6.07, 6.45) is 3.91. The van der Waals surface area contributed by atoms with Crippen LogP contribution in [-0.4, -0.2) is 17.0 Å². The van der Waals surface area contributed by atoms with E-state index in [4.69, 9.17) is 0 Å². The molecule has 0 saturated carbocycles. The predicted octanol–water partition coefficient (Wildman–Crippen LogP) is 2.95. The Morgan fingerprint density at radius 1 is 1.40 bits per heavy atom. The van der Waals surface area contributed by atoms with Crippen molar-refractivity contribution in [3.8, 4) is 0 Å². The van der Waals surface area contributed by atoms with Gasteiger partial charge in [-0.15, -0.1) is 0 Å². The Hall–Kier alpha value is -2.30. The molecule has 0 aliphatic heterocycles. The first-order valence-corrected chi connectivity index (χ1v) is 6.42. The average molecular weight is 273 g/mol. The number of non-ortho nitro benzene ring substituents is 1. The number of carbonyl (C=O) groups is 2. The maximum Gasteiger partial charge on any atom is 0.269 e. The molecule has 0 saturated heterocycles. The number of allylic oxidation sites excluding steroid dienone is 2. The smallest absolute Gasteiger partial charge is 0.269 e. The van der Waals surface area contributed by atoms with Gasteiger partial charge in [0.05, 0.1) is 4.92 Å². The molecule has 0 heterocycles. The molecule has 20 heavy (non-hydrogen) atoms. The Morgan fingerprint density at radius 3 is 2.60 bits per heavy atom. The van der Waals surface area contributed by atoms with Gasteiger partial charge in [-0.3, -0.25) is 14.9 Å². The molecule has 5 heteroatoms. The SMILES string of the molecule is CC1=CC[C@@H](CC(=O)c2ccc([N+](=O)[O-])cc2)C1C=O. The molecule has 2 rings (SSSR count). The minimum atomic E-state index is -0.499. The molecule has 1 aliphatic carbocycles. The third-order valence-electron chi connectivity index (χ3n) is 3.77. The van der Waals surface area contributed by atoms with E-state index in [2.05, 4.69) is 0 Å². The van der Waals surface area contributed by atoms with Gasteiger partial charge < -0.3 is 4.79 Å². The minimum absolute atomic E-state index is 0.00944. The monoisotopic (exact) mass is 273 g/mol. The van der Waals surface area contributed by atoms with Crippen molar-refractivity contribution in [3.05, 3.63) is 51.6 Å². The molecule has 1 aromatic carbocycles. The quantitative estimate of drug-likeness (QED) is 0.272. The summed E-state index contributed by atoms with van der Waals surface area (Å²) in [7, 11) is 0. The van der Waals surface area contributed by atoms with Crippen LogP contribution >= 0.6 is 0 Å². The molecule has 0 bridgehead atoms. The van der Waals surface area contributed by atoms with E-state index in [0.29, 0.717) is 5.56 Å². The topological polar surface area (TPSA) is 77.3 Å². The maximum atomic E-state index is 12.1. The number of benzene rings is 1. The Bertz CT molecular complexity index is 574. The van der Waals surface area contributed by atoms with Gasteiger partial charge in [0.2, 0.25) is 0 Å². The first kappa shape index (κ1) is 14.1. The Morgan fingerprint density at radius 2 is 2.05 bits per heavy atom. The lowest BCUT2D eigenvalue weighted by Crippen LogP contribution is -2.16. The van der Waals surface area contributed by atoms with Crippen molar-refractivity contribution in [3.63, 3.8) is 0 Å². The van der Waals surface area contributed by atoms with Gasteiger partial charge in [0.1, 0.15) is 6.29 Å². The van der Waals surface area contributed by atoms with Crippen molar-refractivity contribution in [2.75, 3.05) is 0 Å². The van der Waals surface area contributed by atoms with Crippen molar-refractivity contribution < 1.29 is 14.5 Å². The molecule has 0 spiro atoms. The van der Waals surface area contributed by atoms with Crippen LogP contribution in [0.3, 0.4) is 0 Å². The van der Waals surface area contributed by atoms with Crippen LogP contribution in [0.5, 0.6) is 0 Å². The van der Waals surface area contributed by atoms with Crippen molar-refractivity contribution >= 4 is 17.8 Å². The van der Waals surface area contributed by atoms with Gasteiger partial charge in [0.25, 0.3) is 5.69 Å². The van der Waals surface area contributed by atoms with E-state index in [1.54, 1.807) is 0 Å². The fourth-order valence-electron chi connectivity index (χ4n) is 2.55. The molecule has 1 aliphatic rings. The highest BCUT2D eigenvalue weighted by Crippen LogP contribution is 2.33. The van der Waals surface area contributed by atoms with Gasteiger partial charge in [-0.2, -0.15) is 0 Å². The third-order valence-corrected chi connectivity index (χ3v) is 3.77. The summed E-state index contributed by atoms with van der Waals surface area (Å²) in [6.45, 7) is 1.90. The number of ketones is 1. The number of rotatable bonds is 5. The van der Waals surface area contributed by atoms with Gasteiger partial charge in [-0.05, 0) is 31.4 Å². The molecule has 0 fully saturated rings. The Labute approximate surface area is 116 Å². The van der Waals surface area contributed by atoms with Crippen LogP contribution in [0.15, 0.2) is 35.9 Å². The van der Waals surface area contributed by atoms with E-state index >= 15 is 0 Å². The second-order valence-corrected chi connectivity index (χ2v) is 5.04. The number of nitro benzene ring substituents is 1. The third kappa shape index (κ3) is 2.82. The summed E-state index contributed by atoms with van der Waals surface area (Å²) < 4.78 is 0. The van der Waals surface area contributed by atoms with Crippen LogP contribution in [0.4, 0.5) is 5.69 Å². The number of hydrogen-bond donors (Lipinski definition) is 0. The lowest BCUT2D eigenvalue weighted by molar-refractivity contribution is -0.384. The molecule has 1 aromatic rings. The molecule has 5 nitrogen and oxygen atoms in total. The van der Waals surface area contributed by atoms with E-state index in [1.165, 1.54) is 24.3 Å². The van der Waals surface area contributed by atoms with Gasteiger partial charge >= 0.3 is 0 Å². The lowest BCUT2D eigenvalue weighted by Gasteiger charge is -2.15. The molecular weight excluding hydrogens is 258 g/mol.